The van der Waals surface area contributed by atoms with Crippen LogP contribution in [-0.2, 0) is 4.79 Å². The molecule has 0 aliphatic carbocycles. The number of carbonyl (C=O) groups excluding carboxylic acids is 1. The van der Waals surface area contributed by atoms with Gasteiger partial charge in [-0.1, -0.05) is 29.8 Å². The van der Waals surface area contributed by atoms with Crippen LogP contribution in [-0.4, -0.2) is 26.6 Å². The second kappa shape index (κ2) is 9.38. The van der Waals surface area contributed by atoms with Crippen LogP contribution in [0.3, 0.4) is 0 Å². The number of hydrogen-bond donors (Lipinski definition) is 3. The maximum Gasteiger partial charge on any atom is 0.234 e. The highest BCUT2D eigenvalue weighted by molar-refractivity contribution is 8.00. The Morgan fingerprint density at radius 1 is 1.07 bits per heavy atom. The second-order valence-electron chi connectivity index (χ2n) is 5.87. The van der Waals surface area contributed by atoms with Crippen LogP contribution < -0.4 is 16.4 Å². The third-order valence-electron chi connectivity index (χ3n) is 3.66. The molecule has 0 radical (unpaired) electrons. The maximum atomic E-state index is 12.2. The third kappa shape index (κ3) is 5.83. The predicted molar refractivity (Wildman–Crippen MR) is 115 cm³/mol. The molecule has 144 valence electrons. The van der Waals surface area contributed by atoms with Crippen molar-refractivity contribution in [1.29, 1.82) is 0 Å². The molecule has 3 aromatic rings. The number of nitrogens with one attached hydrogen (secondary N) is 2. The first-order valence-corrected chi connectivity index (χ1v) is 9.93. The fraction of sp³-hybridized carbons (Fsp3) is 0.158. The summed E-state index contributed by atoms with van der Waals surface area (Å²) in [6.45, 7) is 1.92. The fourth-order valence-electron chi connectivity index (χ4n) is 2.30. The van der Waals surface area contributed by atoms with Gasteiger partial charge in [-0.2, -0.15) is 15.0 Å². The van der Waals surface area contributed by atoms with Gasteiger partial charge in [-0.05, 0) is 43.3 Å². The molecule has 0 aliphatic heterocycles. The molecule has 7 nitrogen and oxygen atoms in total. The van der Waals surface area contributed by atoms with E-state index in [2.05, 4.69) is 25.6 Å². The molecular weight excluding hydrogens is 396 g/mol. The second-order valence-corrected chi connectivity index (χ2v) is 7.64. The number of nitrogens with zero attached hydrogens (tertiary/aromatic N) is 3. The quantitative estimate of drug-likeness (QED) is 0.529. The first-order chi connectivity index (χ1) is 13.5. The van der Waals surface area contributed by atoms with Crippen LogP contribution >= 0.6 is 23.4 Å². The van der Waals surface area contributed by atoms with Gasteiger partial charge in [0.1, 0.15) is 5.82 Å². The first-order valence-electron chi connectivity index (χ1n) is 8.50. The molecule has 0 fully saturated rings. The summed E-state index contributed by atoms with van der Waals surface area (Å²) in [5.41, 5.74) is 7.36. The number of aromatic nitrogens is 3. The number of carbonyl (C=O) groups is 1. The SMILES string of the molecule is CC(SCC(=O)Nc1ccc(Cl)cc1)c1nc(N)nc(Nc2ccccc2)n1. The zero-order chi connectivity index (χ0) is 19.9. The molecule has 0 saturated heterocycles. The predicted octanol–water partition coefficient (Wildman–Crippen LogP) is 4.28. The molecule has 1 atom stereocenters. The molecule has 28 heavy (non-hydrogen) atoms. The van der Waals surface area contributed by atoms with Gasteiger partial charge in [0.15, 0.2) is 0 Å². The van der Waals surface area contributed by atoms with Gasteiger partial charge in [-0.25, -0.2) is 0 Å². The Labute approximate surface area is 172 Å². The number of para-hydroxylation sites is 1. The summed E-state index contributed by atoms with van der Waals surface area (Å²) in [6, 6.07) is 16.5. The number of anilines is 4. The van der Waals surface area contributed by atoms with Gasteiger partial charge in [0.05, 0.1) is 11.0 Å². The third-order valence-corrected chi connectivity index (χ3v) is 5.05. The van der Waals surface area contributed by atoms with Crippen LogP contribution in [0.1, 0.15) is 18.0 Å². The average molecular weight is 415 g/mol. The van der Waals surface area contributed by atoms with Gasteiger partial charge < -0.3 is 16.4 Å². The fourth-order valence-corrected chi connectivity index (χ4v) is 3.16. The largest absolute Gasteiger partial charge is 0.368 e. The minimum atomic E-state index is -0.141. The zero-order valence-electron chi connectivity index (χ0n) is 15.1. The number of nitrogens with two attached hydrogens (primary N) is 1. The Bertz CT molecular complexity index is 939. The van der Waals surface area contributed by atoms with Crippen molar-refractivity contribution >= 4 is 52.5 Å². The lowest BCUT2D eigenvalue weighted by molar-refractivity contribution is -0.113. The Hall–Kier alpha value is -2.84. The van der Waals surface area contributed by atoms with Crippen LogP contribution in [0.2, 0.25) is 5.02 Å². The van der Waals surface area contributed by atoms with E-state index in [-0.39, 0.29) is 22.9 Å². The molecule has 0 bridgehead atoms. The summed E-state index contributed by atoms with van der Waals surface area (Å²) >= 11 is 7.25. The van der Waals surface area contributed by atoms with E-state index in [1.165, 1.54) is 11.8 Å². The minimum absolute atomic E-state index is 0.121. The smallest absolute Gasteiger partial charge is 0.234 e. The van der Waals surface area contributed by atoms with Gasteiger partial charge >= 0.3 is 0 Å². The molecule has 0 spiro atoms. The number of nitrogen functional groups attached to an aromatic ring is 1. The molecule has 3 rings (SSSR count). The Morgan fingerprint density at radius 2 is 1.79 bits per heavy atom. The van der Waals surface area contributed by atoms with Crippen molar-refractivity contribution in [3.05, 3.63) is 65.4 Å². The van der Waals surface area contributed by atoms with Crippen LogP contribution in [0, 0.1) is 0 Å². The van der Waals surface area contributed by atoms with Crippen LogP contribution in [0.15, 0.2) is 54.6 Å². The number of rotatable bonds is 7. The number of halogens is 1. The van der Waals surface area contributed by atoms with Crippen molar-refractivity contribution in [2.24, 2.45) is 0 Å². The van der Waals surface area contributed by atoms with E-state index in [0.717, 1.165) is 5.69 Å². The van der Waals surface area contributed by atoms with E-state index in [1.54, 1.807) is 24.3 Å². The highest BCUT2D eigenvalue weighted by Crippen LogP contribution is 2.27. The van der Waals surface area contributed by atoms with Gasteiger partial charge in [-0.15, -0.1) is 11.8 Å². The lowest BCUT2D eigenvalue weighted by Crippen LogP contribution is -2.15. The van der Waals surface area contributed by atoms with E-state index >= 15 is 0 Å². The molecule has 1 heterocycles. The molecule has 1 amide bonds. The highest BCUT2D eigenvalue weighted by Gasteiger charge is 2.15. The molecule has 1 aromatic heterocycles. The van der Waals surface area contributed by atoms with Crippen LogP contribution in [0.5, 0.6) is 0 Å². The Kier molecular flexibility index (Phi) is 6.67. The Balaban J connectivity index is 1.59. The van der Waals surface area contributed by atoms with Crippen molar-refractivity contribution in [3.8, 4) is 0 Å². The molecule has 9 heteroatoms. The summed E-state index contributed by atoms with van der Waals surface area (Å²) in [4.78, 5) is 24.9. The van der Waals surface area contributed by atoms with Crippen molar-refractivity contribution in [2.75, 3.05) is 22.1 Å². The minimum Gasteiger partial charge on any atom is -0.368 e. The van der Waals surface area contributed by atoms with Crippen molar-refractivity contribution in [1.82, 2.24) is 15.0 Å². The molecule has 0 saturated carbocycles. The maximum absolute atomic E-state index is 12.2. The summed E-state index contributed by atoms with van der Waals surface area (Å²) in [6.07, 6.45) is 0. The van der Waals surface area contributed by atoms with E-state index in [1.807, 2.05) is 37.3 Å². The van der Waals surface area contributed by atoms with E-state index in [9.17, 15) is 4.79 Å². The number of amides is 1. The average Bonchev–Trinajstić information content (AvgIpc) is 2.68. The zero-order valence-corrected chi connectivity index (χ0v) is 16.7. The lowest BCUT2D eigenvalue weighted by atomic mass is 10.3. The van der Waals surface area contributed by atoms with Gasteiger partial charge in [0, 0.05) is 16.4 Å². The Morgan fingerprint density at radius 3 is 2.50 bits per heavy atom. The highest BCUT2D eigenvalue weighted by atomic mass is 35.5. The standard InChI is InChI=1S/C19H19ClN6OS/c1-12(28-11-16(27)22-15-9-7-13(20)8-10-15)17-24-18(21)26-19(25-17)23-14-5-3-2-4-6-14/h2-10,12H,11H2,1H3,(H,22,27)(H3,21,23,24,25,26). The van der Waals surface area contributed by atoms with E-state index < -0.39 is 0 Å². The van der Waals surface area contributed by atoms with Crippen molar-refractivity contribution in [2.45, 2.75) is 12.2 Å². The summed E-state index contributed by atoms with van der Waals surface area (Å²) in [5, 5.41) is 6.40. The normalized spacial score (nSPS) is 11.6. The van der Waals surface area contributed by atoms with Crippen LogP contribution in [0.25, 0.3) is 0 Å². The van der Waals surface area contributed by atoms with Gasteiger partial charge in [0.25, 0.3) is 0 Å². The van der Waals surface area contributed by atoms with Crippen molar-refractivity contribution < 1.29 is 4.79 Å². The summed E-state index contributed by atoms with van der Waals surface area (Å²) in [5.74, 6) is 1.13. The number of thioether (sulfide) groups is 1. The summed E-state index contributed by atoms with van der Waals surface area (Å²) in [7, 11) is 0. The molecular formula is C19H19ClN6OS. The van der Waals surface area contributed by atoms with E-state index in [0.29, 0.717) is 22.5 Å². The van der Waals surface area contributed by atoms with Crippen LogP contribution in [0.4, 0.5) is 23.3 Å². The molecule has 4 N–H and O–H groups in total. The molecule has 0 aliphatic rings. The van der Waals surface area contributed by atoms with Gasteiger partial charge in [0.2, 0.25) is 17.8 Å². The molecule has 2 aromatic carbocycles. The molecule has 1 unspecified atom stereocenters. The topological polar surface area (TPSA) is 106 Å². The number of hydrogen-bond acceptors (Lipinski definition) is 7. The van der Waals surface area contributed by atoms with E-state index in [4.69, 9.17) is 17.3 Å². The van der Waals surface area contributed by atoms with Crippen molar-refractivity contribution in [3.63, 3.8) is 0 Å². The first kappa shape index (κ1) is 19.9. The number of benzene rings is 2. The lowest BCUT2D eigenvalue weighted by Gasteiger charge is -2.12. The van der Waals surface area contributed by atoms with Gasteiger partial charge in [-0.3, -0.25) is 4.79 Å². The monoisotopic (exact) mass is 414 g/mol. The summed E-state index contributed by atoms with van der Waals surface area (Å²) < 4.78 is 0.